The molecule has 0 aliphatic carbocycles. The molecule has 4 aromatic carbocycles. The van der Waals surface area contributed by atoms with Crippen molar-refractivity contribution in [3.05, 3.63) is 83.9 Å². The zero-order chi connectivity index (χ0) is 22.5. The van der Waals surface area contributed by atoms with E-state index in [9.17, 15) is 0 Å². The summed E-state index contributed by atoms with van der Waals surface area (Å²) in [4.78, 5) is 0. The number of hydrogen-bond donors (Lipinski definition) is 0. The van der Waals surface area contributed by atoms with E-state index in [0.29, 0.717) is 0 Å². The van der Waals surface area contributed by atoms with Gasteiger partial charge in [-0.1, -0.05) is 76.9 Å². The topological polar surface area (TPSA) is 0 Å². The van der Waals surface area contributed by atoms with Crippen LogP contribution in [0.1, 0.15) is 66.5 Å². The molecule has 0 saturated heterocycles. The molecule has 0 aliphatic heterocycles. The quantitative estimate of drug-likeness (QED) is 0.149. The summed E-state index contributed by atoms with van der Waals surface area (Å²) >= 11 is 1.27. The summed E-state index contributed by atoms with van der Waals surface area (Å²) in [5.41, 5.74) is 3.21. The number of rotatable bonds is 0. The van der Waals surface area contributed by atoms with Gasteiger partial charge in [-0.3, -0.25) is 0 Å². The van der Waals surface area contributed by atoms with Crippen LogP contribution in [0.25, 0.3) is 21.5 Å². The van der Waals surface area contributed by atoms with Crippen molar-refractivity contribution in [1.29, 1.82) is 0 Å². The second-order valence-corrected chi connectivity index (χ2v) is 13.8. The van der Waals surface area contributed by atoms with E-state index in [1.807, 2.05) is 30.3 Å². The summed E-state index contributed by atoms with van der Waals surface area (Å²) in [5, 5.41) is 5.48. The van der Waals surface area contributed by atoms with E-state index in [0.717, 1.165) is 0 Å². The summed E-state index contributed by atoms with van der Waals surface area (Å²) in [6, 6.07) is 26.2. The van der Waals surface area contributed by atoms with Crippen molar-refractivity contribution in [3.8, 4) is 0 Å². The maximum atomic E-state index is 2.35. The van der Waals surface area contributed by atoms with Crippen molar-refractivity contribution in [2.24, 2.45) is 0 Å². The van der Waals surface area contributed by atoms with E-state index in [2.05, 4.69) is 97.9 Å². The Morgan fingerprint density at radius 3 is 1.33 bits per heavy atom. The maximum Gasteiger partial charge on any atom is -0.172 e. The first-order valence-corrected chi connectivity index (χ1v) is 12.5. The number of benzene rings is 2. The average Bonchev–Trinajstić information content (AvgIpc) is 3.30. The first kappa shape index (κ1) is 24.7. The van der Waals surface area contributed by atoms with Gasteiger partial charge in [0.15, 0.2) is 0 Å². The Hall–Kier alpha value is -1.60. The van der Waals surface area contributed by atoms with Crippen LogP contribution in [-0.2, 0) is 34.7 Å². The fourth-order valence-electron chi connectivity index (χ4n) is 3.28. The molecule has 0 atom stereocenters. The molecule has 0 saturated carbocycles. The van der Waals surface area contributed by atoms with Crippen LogP contribution < -0.4 is 0 Å². The zero-order valence-electron chi connectivity index (χ0n) is 19.9. The van der Waals surface area contributed by atoms with Gasteiger partial charge < -0.3 is 0 Å². The predicted octanol–water partition coefficient (Wildman–Crippen LogP) is 8.46. The summed E-state index contributed by atoms with van der Waals surface area (Å²) in [6.45, 7) is 17.9. The van der Waals surface area contributed by atoms with Gasteiger partial charge in [-0.2, -0.15) is 18.2 Å². The van der Waals surface area contributed by atoms with Gasteiger partial charge >= 0.3 is 41.0 Å². The standard InChI is InChI=1S/C21H25.C5H5.C3H6.Hf/c1-20(2,3)16-7-9-18-14(12-16)11-15-13-17(21(4,5)6)8-10-19(15)18;1-2-4-5-3-1;1-3-2;/h7-13H,1-6H3;1-5H;1-2H3;/q2*-1;;+2. The van der Waals surface area contributed by atoms with Crippen molar-refractivity contribution < 1.29 is 23.9 Å². The Kier molecular flexibility index (Phi) is 8.34. The number of fused-ring (bicyclic) bond motifs is 3. The molecular formula is C29H36Hf. The fourth-order valence-corrected chi connectivity index (χ4v) is 3.28. The molecule has 156 valence electrons. The molecule has 0 spiro atoms. The third-order valence-electron chi connectivity index (χ3n) is 4.99. The van der Waals surface area contributed by atoms with Gasteiger partial charge in [0.25, 0.3) is 0 Å². The first-order valence-electron chi connectivity index (χ1n) is 10.7. The molecule has 1 heteroatoms. The molecule has 0 nitrogen and oxygen atoms in total. The van der Waals surface area contributed by atoms with Crippen molar-refractivity contribution in [1.82, 2.24) is 0 Å². The molecule has 0 heterocycles. The first-order chi connectivity index (χ1) is 13.9. The van der Waals surface area contributed by atoms with E-state index in [-0.39, 0.29) is 10.8 Å². The van der Waals surface area contributed by atoms with Gasteiger partial charge in [-0.15, -0.1) is 39.7 Å². The Labute approximate surface area is 198 Å². The van der Waals surface area contributed by atoms with Crippen LogP contribution in [0.5, 0.6) is 0 Å². The van der Waals surface area contributed by atoms with Gasteiger partial charge in [0.1, 0.15) is 0 Å². The van der Waals surface area contributed by atoms with Crippen molar-refractivity contribution in [3.63, 3.8) is 0 Å². The molecule has 0 bridgehead atoms. The molecule has 0 amide bonds. The molecule has 4 aromatic rings. The minimum atomic E-state index is 0.203. The SMILES string of the molecule is CC(C)(C)c1ccc2c(c1)[cH-]c1cc(C(C)(C)C)ccc12.C[C](C)=[Hf+2].c1cc[cH-]c1. The van der Waals surface area contributed by atoms with Crippen LogP contribution in [0.15, 0.2) is 72.8 Å². The van der Waals surface area contributed by atoms with E-state index >= 15 is 0 Å². The van der Waals surface area contributed by atoms with Crippen LogP contribution in [0, 0.1) is 0 Å². The summed E-state index contributed by atoms with van der Waals surface area (Å²) in [6.07, 6.45) is 0. The normalized spacial score (nSPS) is 11.5. The fraction of sp³-hybridized carbons (Fsp3) is 0.345. The monoisotopic (exact) mass is 564 g/mol. The van der Waals surface area contributed by atoms with Crippen LogP contribution in [-0.4, -0.2) is 3.26 Å². The Morgan fingerprint density at radius 2 is 1.07 bits per heavy atom. The predicted molar refractivity (Wildman–Crippen MR) is 133 cm³/mol. The minimum Gasteiger partial charge on any atom is -0.214 e. The third kappa shape index (κ3) is 6.98. The number of hydrogen-bond acceptors (Lipinski definition) is 0. The molecule has 0 fully saturated rings. The van der Waals surface area contributed by atoms with Gasteiger partial charge in [-0.25, -0.2) is 12.1 Å². The van der Waals surface area contributed by atoms with Crippen LogP contribution in [0.4, 0.5) is 0 Å². The molecule has 4 rings (SSSR count). The average molecular weight is 563 g/mol. The zero-order valence-corrected chi connectivity index (χ0v) is 23.5. The molecule has 30 heavy (non-hydrogen) atoms. The smallest absolute Gasteiger partial charge is 0.172 e. The molecule has 0 aliphatic rings. The van der Waals surface area contributed by atoms with Crippen LogP contribution >= 0.6 is 0 Å². The largest absolute Gasteiger partial charge is 0.214 e. The van der Waals surface area contributed by atoms with Crippen LogP contribution in [0.3, 0.4) is 0 Å². The molecule has 0 unspecified atom stereocenters. The third-order valence-corrected chi connectivity index (χ3v) is 4.99. The second kappa shape index (κ2) is 10.1. The summed E-state index contributed by atoms with van der Waals surface area (Å²) < 4.78 is 1.56. The van der Waals surface area contributed by atoms with Gasteiger partial charge in [0.2, 0.25) is 0 Å². The van der Waals surface area contributed by atoms with E-state index in [1.165, 1.54) is 56.6 Å². The van der Waals surface area contributed by atoms with Crippen LogP contribution in [0.2, 0.25) is 0 Å². The van der Waals surface area contributed by atoms with Crippen molar-refractivity contribution in [2.45, 2.75) is 66.2 Å². The maximum absolute atomic E-state index is 2.35. The molecular weight excluding hydrogens is 527 g/mol. The van der Waals surface area contributed by atoms with E-state index < -0.39 is 0 Å². The van der Waals surface area contributed by atoms with E-state index in [4.69, 9.17) is 0 Å². The summed E-state index contributed by atoms with van der Waals surface area (Å²) in [5.74, 6) is 0. The molecule has 0 aromatic heterocycles. The minimum absolute atomic E-state index is 0.203. The van der Waals surface area contributed by atoms with Gasteiger partial charge in [0.05, 0.1) is 0 Å². The molecule has 0 radical (unpaired) electrons. The van der Waals surface area contributed by atoms with Gasteiger partial charge in [0, 0.05) is 0 Å². The summed E-state index contributed by atoms with van der Waals surface area (Å²) in [7, 11) is 0. The second-order valence-electron chi connectivity index (χ2n) is 10.2. The Balaban J connectivity index is 0.000000297. The van der Waals surface area contributed by atoms with Crippen molar-refractivity contribution in [2.75, 3.05) is 0 Å². The Morgan fingerprint density at radius 1 is 0.700 bits per heavy atom. The van der Waals surface area contributed by atoms with Crippen molar-refractivity contribution >= 4 is 24.8 Å². The Bertz CT molecular complexity index is 988. The van der Waals surface area contributed by atoms with E-state index in [1.54, 1.807) is 3.26 Å². The van der Waals surface area contributed by atoms with Gasteiger partial charge in [-0.05, 0) is 10.8 Å². The molecule has 0 N–H and O–H groups in total.